The van der Waals surface area contributed by atoms with E-state index in [2.05, 4.69) is 5.32 Å². The highest BCUT2D eigenvalue weighted by atomic mass is 16.5. The van der Waals surface area contributed by atoms with E-state index in [0.717, 1.165) is 11.1 Å². The highest BCUT2D eigenvalue weighted by molar-refractivity contribution is 5.86. The Bertz CT molecular complexity index is 583. The van der Waals surface area contributed by atoms with Crippen LogP contribution in [0.3, 0.4) is 0 Å². The van der Waals surface area contributed by atoms with Gasteiger partial charge in [0.05, 0.1) is 13.2 Å². The number of carbonyl (C=O) groups is 1. The molecule has 3 N–H and O–H groups in total. The van der Waals surface area contributed by atoms with E-state index in [-0.39, 0.29) is 5.91 Å². The summed E-state index contributed by atoms with van der Waals surface area (Å²) in [5, 5.41) is 2.82. The zero-order valence-corrected chi connectivity index (χ0v) is 12.8. The van der Waals surface area contributed by atoms with Gasteiger partial charge in [-0.2, -0.15) is 0 Å². The third-order valence-corrected chi connectivity index (χ3v) is 3.49. The average molecular weight is 298 g/mol. The van der Waals surface area contributed by atoms with Crippen LogP contribution in [0.1, 0.15) is 18.1 Å². The second-order valence-corrected chi connectivity index (χ2v) is 5.36. The largest absolute Gasteiger partial charge is 0.375 e. The molecule has 4 nitrogen and oxygen atoms in total. The number of hydrogen-bond acceptors (Lipinski definition) is 3. The molecule has 0 aliphatic rings. The van der Waals surface area contributed by atoms with Crippen molar-refractivity contribution in [3.63, 3.8) is 0 Å². The molecule has 0 aliphatic carbocycles. The van der Waals surface area contributed by atoms with E-state index in [1.165, 1.54) is 0 Å². The molecule has 0 fully saturated rings. The molecule has 1 unspecified atom stereocenters. The quantitative estimate of drug-likeness (QED) is 0.770. The minimum Gasteiger partial charge on any atom is -0.375 e. The molecule has 0 saturated carbocycles. The Morgan fingerprint density at radius 1 is 1.09 bits per heavy atom. The van der Waals surface area contributed by atoms with Gasteiger partial charge in [-0.15, -0.1) is 0 Å². The predicted octanol–water partition coefficient (Wildman–Crippen LogP) is 2.19. The molecule has 2 aromatic rings. The average Bonchev–Trinajstić information content (AvgIpc) is 2.56. The summed E-state index contributed by atoms with van der Waals surface area (Å²) >= 11 is 0. The van der Waals surface area contributed by atoms with Gasteiger partial charge in [-0.05, 0) is 18.1 Å². The first kappa shape index (κ1) is 16.2. The Hall–Kier alpha value is -2.17. The summed E-state index contributed by atoms with van der Waals surface area (Å²) < 4.78 is 5.53. The standard InChI is InChI=1S/C18H22N2O2/c1-18(19,16-10-6-3-7-11-16)17(21)20-12-13-22-14-15-8-4-2-5-9-15/h2-11H,12-14,19H2,1H3,(H,20,21). The van der Waals surface area contributed by atoms with Crippen LogP contribution in [-0.2, 0) is 21.7 Å². The van der Waals surface area contributed by atoms with Crippen molar-refractivity contribution in [2.75, 3.05) is 13.2 Å². The SMILES string of the molecule is CC(N)(C(=O)NCCOCc1ccccc1)c1ccccc1. The Morgan fingerprint density at radius 2 is 1.68 bits per heavy atom. The van der Waals surface area contributed by atoms with Gasteiger partial charge in [0, 0.05) is 6.54 Å². The van der Waals surface area contributed by atoms with Gasteiger partial charge >= 0.3 is 0 Å². The maximum atomic E-state index is 12.2. The first-order valence-corrected chi connectivity index (χ1v) is 7.35. The highest BCUT2D eigenvalue weighted by Crippen LogP contribution is 2.17. The predicted molar refractivity (Wildman–Crippen MR) is 87.1 cm³/mol. The van der Waals surface area contributed by atoms with Crippen molar-refractivity contribution in [2.45, 2.75) is 19.1 Å². The fourth-order valence-electron chi connectivity index (χ4n) is 2.10. The van der Waals surface area contributed by atoms with Gasteiger partial charge in [-0.25, -0.2) is 0 Å². The van der Waals surface area contributed by atoms with Crippen molar-refractivity contribution >= 4 is 5.91 Å². The van der Waals surface area contributed by atoms with E-state index in [1.807, 2.05) is 60.7 Å². The lowest BCUT2D eigenvalue weighted by Gasteiger charge is -2.24. The molecule has 4 heteroatoms. The van der Waals surface area contributed by atoms with E-state index >= 15 is 0 Å². The molecule has 116 valence electrons. The zero-order valence-electron chi connectivity index (χ0n) is 12.8. The molecule has 0 saturated heterocycles. The van der Waals surface area contributed by atoms with E-state index in [0.29, 0.717) is 19.8 Å². The minimum absolute atomic E-state index is 0.206. The monoisotopic (exact) mass is 298 g/mol. The van der Waals surface area contributed by atoms with E-state index in [4.69, 9.17) is 10.5 Å². The zero-order chi connectivity index (χ0) is 15.8. The smallest absolute Gasteiger partial charge is 0.244 e. The third kappa shape index (κ3) is 4.41. The maximum absolute atomic E-state index is 12.2. The minimum atomic E-state index is -1.04. The number of rotatable bonds is 7. The lowest BCUT2D eigenvalue weighted by atomic mass is 9.92. The molecule has 0 aliphatic heterocycles. The first-order chi connectivity index (χ1) is 10.6. The molecular weight excluding hydrogens is 276 g/mol. The van der Waals surface area contributed by atoms with Crippen LogP contribution < -0.4 is 11.1 Å². The fourth-order valence-corrected chi connectivity index (χ4v) is 2.10. The second-order valence-electron chi connectivity index (χ2n) is 5.36. The van der Waals surface area contributed by atoms with Crippen molar-refractivity contribution in [1.82, 2.24) is 5.32 Å². The number of nitrogens with two attached hydrogens (primary N) is 1. The van der Waals surface area contributed by atoms with E-state index in [9.17, 15) is 4.79 Å². The molecule has 1 atom stereocenters. The van der Waals surface area contributed by atoms with Crippen molar-refractivity contribution in [2.24, 2.45) is 5.73 Å². The highest BCUT2D eigenvalue weighted by Gasteiger charge is 2.29. The molecule has 0 radical (unpaired) electrons. The summed E-state index contributed by atoms with van der Waals surface area (Å²) in [6.45, 7) is 3.13. The van der Waals surface area contributed by atoms with Crippen molar-refractivity contribution < 1.29 is 9.53 Å². The van der Waals surface area contributed by atoms with Gasteiger partial charge in [0.1, 0.15) is 5.54 Å². The molecule has 22 heavy (non-hydrogen) atoms. The molecule has 2 aromatic carbocycles. The van der Waals surface area contributed by atoms with Crippen molar-refractivity contribution in [1.29, 1.82) is 0 Å². The summed E-state index contributed by atoms with van der Waals surface area (Å²) in [5.41, 5.74) is 7.00. The molecule has 0 aromatic heterocycles. The van der Waals surface area contributed by atoms with Crippen molar-refractivity contribution in [3.05, 3.63) is 71.8 Å². The second kappa shape index (κ2) is 7.73. The van der Waals surface area contributed by atoms with E-state index < -0.39 is 5.54 Å². The lowest BCUT2D eigenvalue weighted by molar-refractivity contribution is -0.126. The number of amides is 1. The number of carbonyl (C=O) groups excluding carboxylic acids is 1. The molecular formula is C18H22N2O2. The molecule has 0 bridgehead atoms. The number of nitrogens with one attached hydrogen (secondary N) is 1. The van der Waals surface area contributed by atoms with Crippen LogP contribution >= 0.6 is 0 Å². The Labute approximate surface area is 131 Å². The Balaban J connectivity index is 1.73. The molecule has 2 rings (SSSR count). The van der Waals surface area contributed by atoms with E-state index in [1.54, 1.807) is 6.92 Å². The van der Waals surface area contributed by atoms with Crippen LogP contribution in [0.15, 0.2) is 60.7 Å². The number of benzene rings is 2. The van der Waals surface area contributed by atoms with Gasteiger partial charge in [0.25, 0.3) is 0 Å². The Morgan fingerprint density at radius 3 is 2.32 bits per heavy atom. The Kier molecular flexibility index (Phi) is 5.69. The summed E-state index contributed by atoms with van der Waals surface area (Å²) in [4.78, 5) is 12.2. The molecule has 0 heterocycles. The van der Waals surface area contributed by atoms with Crippen LogP contribution in [0, 0.1) is 0 Å². The summed E-state index contributed by atoms with van der Waals surface area (Å²) in [6, 6.07) is 19.3. The fraction of sp³-hybridized carbons (Fsp3) is 0.278. The summed E-state index contributed by atoms with van der Waals surface area (Å²) in [6.07, 6.45) is 0. The summed E-state index contributed by atoms with van der Waals surface area (Å²) in [5.74, 6) is -0.206. The van der Waals surface area contributed by atoms with Crippen molar-refractivity contribution in [3.8, 4) is 0 Å². The van der Waals surface area contributed by atoms with Crippen LogP contribution in [0.4, 0.5) is 0 Å². The van der Waals surface area contributed by atoms with Crippen LogP contribution in [0.5, 0.6) is 0 Å². The lowest BCUT2D eigenvalue weighted by Crippen LogP contribution is -2.49. The molecule has 0 spiro atoms. The molecule has 1 amide bonds. The van der Waals surface area contributed by atoms with Gasteiger partial charge < -0.3 is 15.8 Å². The van der Waals surface area contributed by atoms with Crippen LogP contribution in [0.2, 0.25) is 0 Å². The number of ether oxygens (including phenoxy) is 1. The maximum Gasteiger partial charge on any atom is 0.244 e. The van der Waals surface area contributed by atoms with Gasteiger partial charge in [0.15, 0.2) is 0 Å². The summed E-state index contributed by atoms with van der Waals surface area (Å²) in [7, 11) is 0. The van der Waals surface area contributed by atoms with Gasteiger partial charge in [0.2, 0.25) is 5.91 Å². The third-order valence-electron chi connectivity index (χ3n) is 3.49. The van der Waals surface area contributed by atoms with Crippen LogP contribution in [0.25, 0.3) is 0 Å². The normalized spacial score (nSPS) is 13.4. The number of hydrogen-bond donors (Lipinski definition) is 2. The topological polar surface area (TPSA) is 64.4 Å². The first-order valence-electron chi connectivity index (χ1n) is 7.35. The van der Waals surface area contributed by atoms with Gasteiger partial charge in [-0.3, -0.25) is 4.79 Å². The van der Waals surface area contributed by atoms with Gasteiger partial charge in [-0.1, -0.05) is 60.7 Å². The van der Waals surface area contributed by atoms with Crippen LogP contribution in [-0.4, -0.2) is 19.1 Å².